The monoisotopic (exact) mass is 502 g/mol. The second-order valence-electron chi connectivity index (χ2n) is 8.45. The Balaban J connectivity index is 1.45. The number of hydrogen-bond donors (Lipinski definition) is 4. The van der Waals surface area contributed by atoms with Crippen molar-refractivity contribution in [2.75, 3.05) is 29.6 Å². The van der Waals surface area contributed by atoms with Crippen molar-refractivity contribution in [2.24, 2.45) is 0 Å². The number of nitrogens with zero attached hydrogens (tertiary/aromatic N) is 1. The summed E-state index contributed by atoms with van der Waals surface area (Å²) in [6, 6.07) is 14.3. The minimum Gasteiger partial charge on any atom is -0.496 e. The van der Waals surface area contributed by atoms with Gasteiger partial charge in [0, 0.05) is 30.0 Å². The third-order valence-electron chi connectivity index (χ3n) is 5.87. The molecule has 0 saturated carbocycles. The van der Waals surface area contributed by atoms with Crippen molar-refractivity contribution in [3.63, 3.8) is 0 Å². The normalized spacial score (nSPS) is 11.7. The Morgan fingerprint density at radius 2 is 1.73 bits per heavy atom. The molecule has 1 aromatic heterocycles. The molecule has 1 atom stereocenters. The zero-order valence-electron chi connectivity index (χ0n) is 20.3. The molecule has 4 N–H and O–H groups in total. The van der Waals surface area contributed by atoms with E-state index in [1.807, 2.05) is 31.2 Å². The fourth-order valence-corrected chi connectivity index (χ4v) is 3.92. The summed E-state index contributed by atoms with van der Waals surface area (Å²) in [5, 5.41) is 18.8. The molecule has 0 aliphatic rings. The summed E-state index contributed by atoms with van der Waals surface area (Å²) in [4.78, 5) is 52.9. The number of carbonyl (C=O) groups is 2. The van der Waals surface area contributed by atoms with E-state index in [9.17, 15) is 24.3 Å². The lowest BCUT2D eigenvalue weighted by Crippen LogP contribution is -2.42. The van der Waals surface area contributed by atoms with E-state index >= 15 is 0 Å². The Kier molecular flexibility index (Phi) is 7.47. The summed E-state index contributed by atoms with van der Waals surface area (Å²) in [5.74, 6) is -0.647. The van der Waals surface area contributed by atoms with Gasteiger partial charge >= 0.3 is 5.97 Å². The number of para-hydroxylation sites is 1. The largest absolute Gasteiger partial charge is 0.496 e. The smallest absolute Gasteiger partial charge is 0.326 e. The number of ether oxygens (including phenoxy) is 1. The number of pyridine rings is 1. The first-order valence-electron chi connectivity index (χ1n) is 11.7. The van der Waals surface area contributed by atoms with Crippen LogP contribution in [0.5, 0.6) is 5.75 Å². The number of hydrogen-bond acceptors (Lipinski definition) is 8. The van der Waals surface area contributed by atoms with Crippen LogP contribution in [-0.2, 0) is 11.2 Å². The van der Waals surface area contributed by atoms with Gasteiger partial charge in [-0.1, -0.05) is 31.2 Å². The van der Waals surface area contributed by atoms with Crippen LogP contribution in [0.25, 0.3) is 10.9 Å². The summed E-state index contributed by atoms with van der Waals surface area (Å²) in [6.45, 7) is 2.40. The van der Waals surface area contributed by atoms with Gasteiger partial charge in [0.05, 0.1) is 12.6 Å². The average Bonchev–Trinajstić information content (AvgIpc) is 2.91. The number of carboxylic acids is 1. The first kappa shape index (κ1) is 25.4. The van der Waals surface area contributed by atoms with Crippen molar-refractivity contribution in [3.05, 3.63) is 86.2 Å². The van der Waals surface area contributed by atoms with Crippen molar-refractivity contribution >= 4 is 40.0 Å². The number of anilines is 3. The minimum absolute atomic E-state index is 0.0137. The van der Waals surface area contributed by atoms with E-state index in [1.165, 1.54) is 0 Å². The van der Waals surface area contributed by atoms with Crippen molar-refractivity contribution in [1.29, 1.82) is 0 Å². The number of fused-ring (bicyclic) bond motifs is 1. The van der Waals surface area contributed by atoms with E-state index in [0.717, 1.165) is 11.8 Å². The fraction of sp³-hybridized carbons (Fsp3) is 0.222. The molecule has 4 aromatic rings. The summed E-state index contributed by atoms with van der Waals surface area (Å²) >= 11 is 0. The molecule has 4 rings (SSSR count). The molecule has 0 fully saturated rings. The molecule has 0 radical (unpaired) electrons. The molecular formula is C27H26N4O6. The maximum Gasteiger partial charge on any atom is 0.326 e. The average molecular weight is 503 g/mol. The topological polar surface area (TPSA) is 147 Å². The number of benzene rings is 2. The molecule has 3 aromatic carbocycles. The highest BCUT2D eigenvalue weighted by molar-refractivity contribution is 6.04. The number of aromatic nitrogens is 1. The quantitative estimate of drug-likeness (QED) is 0.227. The number of carboxylic acid groups (broad SMARTS) is 1. The molecule has 0 spiro atoms. The molecule has 37 heavy (non-hydrogen) atoms. The summed E-state index contributed by atoms with van der Waals surface area (Å²) in [7, 11) is 1.54. The van der Waals surface area contributed by atoms with Gasteiger partial charge in [0.2, 0.25) is 0 Å². The van der Waals surface area contributed by atoms with Gasteiger partial charge in [-0.05, 0) is 36.2 Å². The zero-order chi connectivity index (χ0) is 26.5. The predicted molar refractivity (Wildman–Crippen MR) is 142 cm³/mol. The molecule has 10 heteroatoms. The highest BCUT2D eigenvalue weighted by Gasteiger charge is 2.26. The van der Waals surface area contributed by atoms with Gasteiger partial charge in [-0.15, -0.1) is 0 Å². The predicted octanol–water partition coefficient (Wildman–Crippen LogP) is 3.02. The lowest BCUT2D eigenvalue weighted by molar-refractivity contribution is -0.137. The minimum atomic E-state index is -1.17. The van der Waals surface area contributed by atoms with Gasteiger partial charge in [0.1, 0.15) is 29.0 Å². The Labute approximate surface area is 212 Å². The standard InChI is InChI=1S/C27H26N4O6/c1-3-12-28-22-23(25(33)24(22)32)30-19(27(35)36)13-15-8-10-16(11-9-15)26(34)31-21-14-20(37-2)17-6-4-5-7-18(17)29-21/h4-11,14,19,28,30H,3,12-13H2,1-2H3,(H,35,36)(H,29,31,34)/t19-/m0/s1. The Bertz CT molecular complexity index is 1520. The third kappa shape index (κ3) is 5.43. The van der Waals surface area contributed by atoms with Crippen molar-refractivity contribution in [1.82, 2.24) is 4.98 Å². The molecule has 0 bridgehead atoms. The highest BCUT2D eigenvalue weighted by atomic mass is 16.5. The van der Waals surface area contributed by atoms with E-state index in [0.29, 0.717) is 34.8 Å². The molecule has 1 amide bonds. The Morgan fingerprint density at radius 3 is 2.41 bits per heavy atom. The molecular weight excluding hydrogens is 476 g/mol. The first-order valence-corrected chi connectivity index (χ1v) is 11.7. The van der Waals surface area contributed by atoms with Crippen LogP contribution < -0.4 is 31.5 Å². The van der Waals surface area contributed by atoms with Crippen molar-refractivity contribution < 1.29 is 19.4 Å². The van der Waals surface area contributed by atoms with Gasteiger partial charge < -0.3 is 25.8 Å². The van der Waals surface area contributed by atoms with E-state index in [4.69, 9.17) is 4.74 Å². The maximum absolute atomic E-state index is 12.8. The van der Waals surface area contributed by atoms with Crippen LogP contribution in [0.2, 0.25) is 0 Å². The number of nitrogens with one attached hydrogen (secondary N) is 3. The molecule has 0 aliphatic heterocycles. The van der Waals surface area contributed by atoms with Gasteiger partial charge in [-0.3, -0.25) is 14.4 Å². The van der Waals surface area contributed by atoms with Crippen LogP contribution in [-0.4, -0.2) is 41.7 Å². The van der Waals surface area contributed by atoms with Gasteiger partial charge in [-0.25, -0.2) is 9.78 Å². The van der Waals surface area contributed by atoms with Crippen LogP contribution in [0, 0.1) is 0 Å². The second kappa shape index (κ2) is 10.9. The number of methoxy groups -OCH3 is 1. The number of carbonyl (C=O) groups excluding carboxylic acids is 1. The fourth-order valence-electron chi connectivity index (χ4n) is 3.92. The van der Waals surface area contributed by atoms with Crippen LogP contribution in [0.1, 0.15) is 29.3 Å². The lowest BCUT2D eigenvalue weighted by atomic mass is 10.0. The van der Waals surface area contributed by atoms with E-state index in [-0.39, 0.29) is 23.7 Å². The van der Waals surface area contributed by atoms with Crippen LogP contribution in [0.4, 0.5) is 17.2 Å². The van der Waals surface area contributed by atoms with Crippen molar-refractivity contribution in [2.45, 2.75) is 25.8 Å². The molecule has 0 saturated heterocycles. The van der Waals surface area contributed by atoms with Gasteiger partial charge in [0.15, 0.2) is 0 Å². The van der Waals surface area contributed by atoms with Crippen LogP contribution in [0.15, 0.2) is 64.2 Å². The Hall–Kier alpha value is -4.73. The maximum atomic E-state index is 12.8. The molecule has 0 unspecified atom stereocenters. The highest BCUT2D eigenvalue weighted by Crippen LogP contribution is 2.27. The van der Waals surface area contributed by atoms with Crippen LogP contribution >= 0.6 is 0 Å². The first-order chi connectivity index (χ1) is 17.8. The Morgan fingerprint density at radius 1 is 1.03 bits per heavy atom. The second-order valence-corrected chi connectivity index (χ2v) is 8.45. The summed E-state index contributed by atoms with van der Waals surface area (Å²) < 4.78 is 5.41. The van der Waals surface area contributed by atoms with Crippen LogP contribution in [0.3, 0.4) is 0 Å². The zero-order valence-corrected chi connectivity index (χ0v) is 20.3. The number of aliphatic carboxylic acids is 1. The van der Waals surface area contributed by atoms with E-state index in [2.05, 4.69) is 20.9 Å². The molecule has 10 nitrogen and oxygen atoms in total. The summed E-state index contributed by atoms with van der Waals surface area (Å²) in [6.07, 6.45) is 0.775. The van der Waals surface area contributed by atoms with E-state index in [1.54, 1.807) is 37.4 Å². The molecule has 190 valence electrons. The number of amides is 1. The van der Waals surface area contributed by atoms with E-state index < -0.39 is 22.9 Å². The molecule has 0 aliphatic carbocycles. The number of rotatable bonds is 11. The third-order valence-corrected chi connectivity index (χ3v) is 5.87. The SMILES string of the molecule is CCCNc1c(N[C@@H](Cc2ccc(C(=O)Nc3cc(OC)c4ccccc4n3)cc2)C(=O)O)c(=O)c1=O. The van der Waals surface area contributed by atoms with Gasteiger partial charge in [-0.2, -0.15) is 0 Å². The summed E-state index contributed by atoms with van der Waals surface area (Å²) in [5.41, 5.74) is 0.360. The van der Waals surface area contributed by atoms with Gasteiger partial charge in [0.25, 0.3) is 16.8 Å². The molecule has 1 heterocycles. The van der Waals surface area contributed by atoms with Crippen molar-refractivity contribution in [3.8, 4) is 5.75 Å². The lowest BCUT2D eigenvalue weighted by Gasteiger charge is -2.20.